The molecule has 3 nitrogen and oxygen atoms in total. The monoisotopic (exact) mass is 242 g/mol. The van der Waals surface area contributed by atoms with Gasteiger partial charge in [0.1, 0.15) is 0 Å². The summed E-state index contributed by atoms with van der Waals surface area (Å²) in [5, 5.41) is 20.8. The molecule has 2 rings (SSSR count). The smallest absolute Gasteiger partial charge is 0.251 e. The summed E-state index contributed by atoms with van der Waals surface area (Å²) in [6, 6.07) is 14.8. The molecule has 0 bridgehead atoms. The van der Waals surface area contributed by atoms with Crippen LogP contribution in [0.3, 0.4) is 0 Å². The van der Waals surface area contributed by atoms with Gasteiger partial charge in [-0.05, 0) is 23.8 Å². The van der Waals surface area contributed by atoms with Crippen molar-refractivity contribution in [2.75, 3.05) is 0 Å². The minimum atomic E-state index is 0.645. The number of hydrogen-bond acceptors (Lipinski definition) is 3. The van der Waals surface area contributed by atoms with Crippen LogP contribution in [-0.2, 0) is 5.75 Å². The van der Waals surface area contributed by atoms with Crippen molar-refractivity contribution in [2.45, 2.75) is 10.8 Å². The highest BCUT2D eigenvalue weighted by Crippen LogP contribution is 2.19. The molecular weight excluding hydrogens is 232 g/mol. The molecule has 1 aromatic carbocycles. The molecule has 1 heterocycles. The zero-order valence-electron chi connectivity index (χ0n) is 9.04. The molecule has 0 saturated heterocycles. The van der Waals surface area contributed by atoms with Gasteiger partial charge in [-0.3, -0.25) is 0 Å². The fourth-order valence-corrected chi connectivity index (χ4v) is 2.27. The number of nitrogens with zero attached hydrogens (tertiary/aromatic N) is 2. The van der Waals surface area contributed by atoms with E-state index >= 15 is 0 Å². The third-order valence-electron chi connectivity index (χ3n) is 2.23. The van der Waals surface area contributed by atoms with Gasteiger partial charge in [0.25, 0.3) is 5.03 Å². The molecule has 84 valence electrons. The van der Waals surface area contributed by atoms with Gasteiger partial charge < -0.3 is 5.21 Å². The molecule has 0 fully saturated rings. The zero-order valence-corrected chi connectivity index (χ0v) is 9.85. The Hall–Kier alpha value is -1.99. The largest absolute Gasteiger partial charge is 0.618 e. The first-order chi connectivity index (χ1) is 8.29. The lowest BCUT2D eigenvalue weighted by molar-refractivity contribution is -0.645. The van der Waals surface area contributed by atoms with E-state index in [4.69, 9.17) is 5.26 Å². The van der Waals surface area contributed by atoms with Crippen LogP contribution in [0.5, 0.6) is 0 Å². The molecule has 0 atom stereocenters. The van der Waals surface area contributed by atoms with Crippen LogP contribution in [0.15, 0.2) is 53.7 Å². The molecule has 2 aromatic rings. The Morgan fingerprint density at radius 1 is 1.24 bits per heavy atom. The number of hydrogen-bond donors (Lipinski definition) is 0. The maximum Gasteiger partial charge on any atom is 0.251 e. The van der Waals surface area contributed by atoms with E-state index in [-0.39, 0.29) is 0 Å². The molecule has 0 spiro atoms. The number of rotatable bonds is 3. The first-order valence-corrected chi connectivity index (χ1v) is 6.08. The van der Waals surface area contributed by atoms with E-state index in [0.29, 0.717) is 16.3 Å². The molecule has 0 unspecified atom stereocenters. The second-order valence-electron chi connectivity index (χ2n) is 3.47. The van der Waals surface area contributed by atoms with E-state index in [1.54, 1.807) is 18.2 Å². The molecule has 1 aromatic heterocycles. The topological polar surface area (TPSA) is 50.7 Å². The van der Waals surface area contributed by atoms with Gasteiger partial charge in [-0.15, -0.1) is 0 Å². The maximum absolute atomic E-state index is 11.4. The molecule has 0 saturated carbocycles. The minimum absolute atomic E-state index is 0.645. The van der Waals surface area contributed by atoms with Crippen molar-refractivity contribution in [3.05, 3.63) is 65.0 Å². The molecule has 0 amide bonds. The lowest BCUT2D eigenvalue weighted by Gasteiger charge is -2.03. The molecule has 0 aliphatic carbocycles. The van der Waals surface area contributed by atoms with Crippen molar-refractivity contribution < 1.29 is 4.73 Å². The zero-order chi connectivity index (χ0) is 12.1. The summed E-state index contributed by atoms with van der Waals surface area (Å²) in [5.41, 5.74) is 1.68. The lowest BCUT2D eigenvalue weighted by atomic mass is 10.2. The summed E-state index contributed by atoms with van der Waals surface area (Å²) in [7, 11) is 0. The number of benzene rings is 1. The fraction of sp³-hybridized carbons (Fsp3) is 0.0769. The molecule has 4 heteroatoms. The van der Waals surface area contributed by atoms with E-state index < -0.39 is 0 Å². The predicted molar refractivity (Wildman–Crippen MR) is 66.1 cm³/mol. The minimum Gasteiger partial charge on any atom is -0.618 e. The van der Waals surface area contributed by atoms with Gasteiger partial charge in [-0.1, -0.05) is 23.9 Å². The summed E-state index contributed by atoms with van der Waals surface area (Å²) in [4.78, 5) is 0. The molecule has 17 heavy (non-hydrogen) atoms. The van der Waals surface area contributed by atoms with Crippen molar-refractivity contribution in [3.63, 3.8) is 0 Å². The molecule has 0 aliphatic heterocycles. The second-order valence-corrected chi connectivity index (χ2v) is 4.46. The Balaban J connectivity index is 2.08. The summed E-state index contributed by atoms with van der Waals surface area (Å²) >= 11 is 1.46. The van der Waals surface area contributed by atoms with Crippen LogP contribution < -0.4 is 4.73 Å². The van der Waals surface area contributed by atoms with Gasteiger partial charge in [-0.25, -0.2) is 0 Å². The molecular formula is C13H10N2OS. The lowest BCUT2D eigenvalue weighted by Crippen LogP contribution is -2.27. The van der Waals surface area contributed by atoms with Crippen LogP contribution in [0.25, 0.3) is 0 Å². The first-order valence-electron chi connectivity index (χ1n) is 5.09. The van der Waals surface area contributed by atoms with Crippen LogP contribution >= 0.6 is 11.8 Å². The highest BCUT2D eigenvalue weighted by Gasteiger charge is 2.04. The van der Waals surface area contributed by atoms with Crippen molar-refractivity contribution >= 4 is 11.8 Å². The van der Waals surface area contributed by atoms with Crippen LogP contribution in [0.1, 0.15) is 11.1 Å². The quantitative estimate of drug-likeness (QED) is 0.472. The van der Waals surface area contributed by atoms with Crippen LogP contribution in [0.2, 0.25) is 0 Å². The van der Waals surface area contributed by atoms with Gasteiger partial charge >= 0.3 is 0 Å². The third-order valence-corrected chi connectivity index (χ3v) is 3.32. The van der Waals surface area contributed by atoms with Crippen LogP contribution in [-0.4, -0.2) is 0 Å². The van der Waals surface area contributed by atoms with E-state index in [1.165, 1.54) is 18.0 Å². The van der Waals surface area contributed by atoms with Crippen LogP contribution in [0, 0.1) is 16.5 Å². The average Bonchev–Trinajstić information content (AvgIpc) is 2.38. The Morgan fingerprint density at radius 3 is 2.88 bits per heavy atom. The average molecular weight is 242 g/mol. The molecule has 0 N–H and O–H groups in total. The number of thioether (sulfide) groups is 1. The van der Waals surface area contributed by atoms with Gasteiger partial charge in [-0.2, -0.15) is 9.99 Å². The van der Waals surface area contributed by atoms with Crippen molar-refractivity contribution in [3.8, 4) is 6.07 Å². The Kier molecular flexibility index (Phi) is 3.63. The van der Waals surface area contributed by atoms with Gasteiger partial charge in [0.05, 0.1) is 11.6 Å². The van der Waals surface area contributed by atoms with E-state index in [2.05, 4.69) is 6.07 Å². The number of pyridine rings is 1. The number of nitriles is 1. The molecule has 0 radical (unpaired) electrons. The normalized spacial score (nSPS) is 9.82. The Bertz CT molecular complexity index is 563. The second kappa shape index (κ2) is 5.37. The highest BCUT2D eigenvalue weighted by atomic mass is 32.2. The van der Waals surface area contributed by atoms with Gasteiger partial charge in [0.2, 0.25) is 0 Å². The van der Waals surface area contributed by atoms with Gasteiger partial charge in [0, 0.05) is 17.9 Å². The van der Waals surface area contributed by atoms with Crippen molar-refractivity contribution in [2.24, 2.45) is 0 Å². The first kappa shape index (κ1) is 11.5. The summed E-state index contributed by atoms with van der Waals surface area (Å²) in [6.45, 7) is 0. The Labute approximate surface area is 104 Å². The Morgan fingerprint density at radius 2 is 2.12 bits per heavy atom. The molecule has 0 aliphatic rings. The van der Waals surface area contributed by atoms with Crippen molar-refractivity contribution in [1.82, 2.24) is 0 Å². The number of aromatic nitrogens is 1. The van der Waals surface area contributed by atoms with E-state index in [1.807, 2.05) is 24.3 Å². The third kappa shape index (κ3) is 2.99. The summed E-state index contributed by atoms with van der Waals surface area (Å²) in [5.74, 6) is 0.682. The maximum atomic E-state index is 11.4. The van der Waals surface area contributed by atoms with E-state index in [0.717, 1.165) is 10.3 Å². The SMILES string of the molecule is N#Cc1cccc(CSc2cccc[n+]2[O-])c1. The summed E-state index contributed by atoms with van der Waals surface area (Å²) < 4.78 is 0.846. The van der Waals surface area contributed by atoms with Crippen LogP contribution in [0.4, 0.5) is 0 Å². The highest BCUT2D eigenvalue weighted by molar-refractivity contribution is 7.98. The van der Waals surface area contributed by atoms with Crippen molar-refractivity contribution in [1.29, 1.82) is 5.26 Å². The standard InChI is InChI=1S/C13H10N2OS/c14-9-11-4-3-5-12(8-11)10-17-13-6-1-2-7-15(13)16/h1-8H,10H2. The van der Waals surface area contributed by atoms with E-state index in [9.17, 15) is 5.21 Å². The summed E-state index contributed by atoms with van der Waals surface area (Å²) in [6.07, 6.45) is 1.48. The predicted octanol–water partition coefficient (Wildman–Crippen LogP) is 2.48. The van der Waals surface area contributed by atoms with Gasteiger partial charge in [0.15, 0.2) is 6.20 Å². The fourth-order valence-electron chi connectivity index (χ4n) is 1.41.